The maximum atomic E-state index is 2.56. The van der Waals surface area contributed by atoms with Crippen LogP contribution in [0.3, 0.4) is 0 Å². The zero-order valence-electron chi connectivity index (χ0n) is 41.8. The van der Waals surface area contributed by atoms with Crippen molar-refractivity contribution in [2.24, 2.45) is 0 Å². The van der Waals surface area contributed by atoms with Gasteiger partial charge in [0.15, 0.2) is 0 Å². The molecular weight excluding hydrogens is 931 g/mol. The summed E-state index contributed by atoms with van der Waals surface area (Å²) < 4.78 is 4.96. The van der Waals surface area contributed by atoms with Crippen LogP contribution in [0, 0.1) is 0 Å². The van der Waals surface area contributed by atoms with E-state index in [-0.39, 0.29) is 0 Å². The molecule has 0 amide bonds. The molecule has 1 aliphatic heterocycles. The Morgan fingerprint density at radius 2 is 0.649 bits per heavy atom. The summed E-state index contributed by atoms with van der Waals surface area (Å²) in [5.74, 6) is 0. The van der Waals surface area contributed by atoms with Gasteiger partial charge in [-0.25, -0.2) is 0 Å². The van der Waals surface area contributed by atoms with Gasteiger partial charge in [-0.3, -0.25) is 0 Å². The van der Waals surface area contributed by atoms with Crippen LogP contribution in [0.15, 0.2) is 273 Å². The Labute approximate surface area is 445 Å². The molecular formula is C74H45N3. The molecule has 0 bridgehead atoms. The summed E-state index contributed by atoms with van der Waals surface area (Å²) in [6.07, 6.45) is 0. The second-order valence-corrected chi connectivity index (χ2v) is 21.4. The first-order chi connectivity index (χ1) is 38.2. The average molecular weight is 976 g/mol. The van der Waals surface area contributed by atoms with Crippen molar-refractivity contribution >= 4 is 60.7 Å². The third-order valence-electron chi connectivity index (χ3n) is 18.1. The van der Waals surface area contributed by atoms with Crippen molar-refractivity contribution < 1.29 is 0 Å². The van der Waals surface area contributed by atoms with Crippen molar-refractivity contribution in [2.45, 2.75) is 10.8 Å². The Kier molecular flexibility index (Phi) is 8.00. The summed E-state index contributed by atoms with van der Waals surface area (Å²) >= 11 is 0. The molecule has 3 nitrogen and oxygen atoms in total. The molecule has 0 saturated heterocycles. The fraction of sp³-hybridized carbons (Fsp3) is 0.0270. The third-order valence-corrected chi connectivity index (χ3v) is 18.1. The van der Waals surface area contributed by atoms with Crippen molar-refractivity contribution in [1.82, 2.24) is 9.13 Å². The van der Waals surface area contributed by atoms with Gasteiger partial charge in [-0.2, -0.15) is 0 Å². The van der Waals surface area contributed by atoms with Crippen LogP contribution in [0.1, 0.15) is 44.5 Å². The fourth-order valence-corrected chi connectivity index (χ4v) is 15.3. The zero-order valence-corrected chi connectivity index (χ0v) is 41.8. The fourth-order valence-electron chi connectivity index (χ4n) is 15.3. The van der Waals surface area contributed by atoms with Gasteiger partial charge in [0.2, 0.25) is 0 Å². The van der Waals surface area contributed by atoms with Crippen LogP contribution in [0.2, 0.25) is 0 Å². The number of hydrogen-bond donors (Lipinski definition) is 0. The molecule has 2 aromatic heterocycles. The number of hydrogen-bond acceptors (Lipinski definition) is 1. The summed E-state index contributed by atoms with van der Waals surface area (Å²) in [7, 11) is 0. The zero-order chi connectivity index (χ0) is 50.1. The predicted molar refractivity (Wildman–Crippen MR) is 317 cm³/mol. The van der Waals surface area contributed by atoms with Crippen molar-refractivity contribution in [3.8, 4) is 44.8 Å². The van der Waals surface area contributed by atoms with E-state index in [0.29, 0.717) is 0 Å². The van der Waals surface area contributed by atoms with E-state index in [1.54, 1.807) is 0 Å². The van der Waals surface area contributed by atoms with Crippen molar-refractivity contribution in [3.05, 3.63) is 317 Å². The largest absolute Gasteiger partial charge is 0.310 e. The molecule has 3 heteroatoms. The van der Waals surface area contributed by atoms with Crippen molar-refractivity contribution in [1.29, 1.82) is 0 Å². The van der Waals surface area contributed by atoms with Gasteiger partial charge in [-0.1, -0.05) is 200 Å². The molecule has 2 spiro atoms. The molecule has 3 heterocycles. The summed E-state index contributed by atoms with van der Waals surface area (Å²) in [4.78, 5) is 2.56. The minimum atomic E-state index is -0.609. The summed E-state index contributed by atoms with van der Waals surface area (Å²) in [6, 6.07) is 103. The monoisotopic (exact) mass is 975 g/mol. The highest BCUT2D eigenvalue weighted by Gasteiger charge is 2.53. The number of fused-ring (bicyclic) bond motifs is 25. The standard InChI is InChI=1S/C74H45N3/c1-2-19-46(20-3-1)76-68-34-15-9-26-57(68)59-43-47(39-42-70(59)76)75(48-37-40-54-52-23-6-12-30-62(52)73(66(54)44-48)60-28-10-4-21-50(60)51-22-5-11-29-61(51)73)49-38-41-55-53-24-7-13-31-63(53)74(67(55)45-49)64-32-14-17-36-71(64)77-69-35-16-8-25-56(69)58-27-18-33-65(74)72(58)77/h1-45H. The molecule has 77 heavy (non-hydrogen) atoms. The first-order valence-corrected chi connectivity index (χ1v) is 26.9. The number of nitrogens with zero attached hydrogens (tertiary/aromatic N) is 3. The molecule has 4 aliphatic rings. The van der Waals surface area contributed by atoms with Crippen LogP contribution in [-0.4, -0.2) is 9.13 Å². The lowest BCUT2D eigenvalue weighted by Crippen LogP contribution is -2.33. The van der Waals surface area contributed by atoms with Crippen LogP contribution < -0.4 is 4.90 Å². The van der Waals surface area contributed by atoms with E-state index in [0.717, 1.165) is 22.7 Å². The molecule has 0 N–H and O–H groups in total. The smallest absolute Gasteiger partial charge is 0.0755 e. The molecule has 3 aliphatic carbocycles. The topological polar surface area (TPSA) is 13.1 Å². The number of rotatable bonds is 4. The van der Waals surface area contributed by atoms with E-state index >= 15 is 0 Å². The lowest BCUT2D eigenvalue weighted by Gasteiger charge is -2.40. The maximum absolute atomic E-state index is 2.56. The minimum Gasteiger partial charge on any atom is -0.310 e. The molecule has 14 aromatic rings. The second kappa shape index (κ2) is 14.9. The number of para-hydroxylation sites is 5. The van der Waals surface area contributed by atoms with Gasteiger partial charge in [0, 0.05) is 44.3 Å². The Balaban J connectivity index is 0.941. The molecule has 0 saturated carbocycles. The van der Waals surface area contributed by atoms with Gasteiger partial charge < -0.3 is 14.0 Å². The van der Waals surface area contributed by atoms with Crippen LogP contribution in [-0.2, 0) is 10.8 Å². The first kappa shape index (κ1) is 41.4. The highest BCUT2D eigenvalue weighted by atomic mass is 15.1. The summed E-state index contributed by atoms with van der Waals surface area (Å²) in [5, 5.41) is 4.99. The molecule has 12 aromatic carbocycles. The molecule has 1 unspecified atom stereocenters. The lowest BCUT2D eigenvalue weighted by atomic mass is 9.65. The van der Waals surface area contributed by atoms with Crippen LogP contribution in [0.25, 0.3) is 88.4 Å². The number of aromatic nitrogens is 2. The van der Waals surface area contributed by atoms with Gasteiger partial charge in [-0.05, 0) is 151 Å². The molecule has 0 fully saturated rings. The molecule has 0 radical (unpaired) electrons. The highest BCUT2D eigenvalue weighted by molar-refractivity contribution is 6.14. The Morgan fingerprint density at radius 1 is 0.247 bits per heavy atom. The van der Waals surface area contributed by atoms with E-state index < -0.39 is 10.8 Å². The number of anilines is 3. The SMILES string of the molecule is c1ccc(-n2c3ccccc3c3cc(N(c4ccc5c(c4)C4(c6ccccc6-c6ccccc64)c4ccccc4-5)c4ccc5c(c4)C4(c6ccccc6-5)c5ccccc5-n5c6ccccc6c6cccc4c65)ccc32)cc1. The van der Waals surface area contributed by atoms with Crippen LogP contribution in [0.4, 0.5) is 17.1 Å². The third kappa shape index (κ3) is 5.03. The van der Waals surface area contributed by atoms with Crippen molar-refractivity contribution in [2.75, 3.05) is 4.90 Å². The predicted octanol–water partition coefficient (Wildman–Crippen LogP) is 18.4. The van der Waals surface area contributed by atoms with Gasteiger partial charge in [0.05, 0.1) is 38.6 Å². The van der Waals surface area contributed by atoms with E-state index in [1.165, 1.54) is 127 Å². The minimum absolute atomic E-state index is 0.500. The maximum Gasteiger partial charge on any atom is 0.0755 e. The molecule has 18 rings (SSSR count). The molecule has 356 valence electrons. The summed E-state index contributed by atoms with van der Waals surface area (Å²) in [6.45, 7) is 0. The second-order valence-electron chi connectivity index (χ2n) is 21.4. The normalized spacial score (nSPS) is 15.4. The Hall–Kier alpha value is -9.96. The van der Waals surface area contributed by atoms with E-state index in [1.807, 2.05) is 0 Å². The van der Waals surface area contributed by atoms with Gasteiger partial charge in [0.25, 0.3) is 0 Å². The first-order valence-electron chi connectivity index (χ1n) is 26.9. The Bertz CT molecular complexity index is 4830. The Morgan fingerprint density at radius 3 is 1.25 bits per heavy atom. The van der Waals surface area contributed by atoms with Crippen LogP contribution in [0.5, 0.6) is 0 Å². The van der Waals surface area contributed by atoms with Gasteiger partial charge in [-0.15, -0.1) is 0 Å². The van der Waals surface area contributed by atoms with E-state index in [4.69, 9.17) is 0 Å². The van der Waals surface area contributed by atoms with Gasteiger partial charge in [0.1, 0.15) is 0 Å². The van der Waals surface area contributed by atoms with Crippen LogP contribution >= 0.6 is 0 Å². The summed E-state index contributed by atoms with van der Waals surface area (Å²) in [5.41, 5.74) is 27.7. The average Bonchev–Trinajstić information content (AvgIpc) is 4.28. The lowest BCUT2D eigenvalue weighted by molar-refractivity contribution is 0.748. The quantitative estimate of drug-likeness (QED) is 0.171. The number of benzene rings is 12. The van der Waals surface area contributed by atoms with E-state index in [2.05, 4.69) is 287 Å². The molecule has 1 atom stereocenters. The highest BCUT2D eigenvalue weighted by Crippen LogP contribution is 2.65. The van der Waals surface area contributed by atoms with Gasteiger partial charge >= 0.3 is 0 Å². The van der Waals surface area contributed by atoms with Crippen molar-refractivity contribution in [3.63, 3.8) is 0 Å². The van der Waals surface area contributed by atoms with E-state index in [9.17, 15) is 0 Å².